The van der Waals surface area contributed by atoms with Crippen LogP contribution in [0.3, 0.4) is 0 Å². The van der Waals surface area contributed by atoms with E-state index in [4.69, 9.17) is 4.42 Å². The van der Waals surface area contributed by atoms with Crippen molar-refractivity contribution in [3.8, 4) is 0 Å². The molecule has 0 atom stereocenters. The highest BCUT2D eigenvalue weighted by Gasteiger charge is 2.27. The first-order chi connectivity index (χ1) is 13.8. The van der Waals surface area contributed by atoms with Crippen LogP contribution in [0.1, 0.15) is 78.9 Å². The number of nitrogens with zero attached hydrogens (tertiary/aromatic N) is 3. The maximum absolute atomic E-state index is 12.6. The van der Waals surface area contributed by atoms with Crippen LogP contribution in [-0.2, 0) is 16.8 Å². The molecule has 1 saturated heterocycles. The number of hydrogen-bond acceptors (Lipinski definition) is 4. The van der Waals surface area contributed by atoms with Gasteiger partial charge in [-0.15, -0.1) is 24.0 Å². The number of hydrogen-bond donors (Lipinski definition) is 2. The number of amides is 1. The molecule has 1 amide bonds. The van der Waals surface area contributed by atoms with E-state index in [0.29, 0.717) is 24.4 Å². The molecule has 2 heterocycles. The van der Waals surface area contributed by atoms with Gasteiger partial charge in [-0.2, -0.15) is 0 Å². The molecule has 1 aromatic rings. The number of halogens is 1. The molecule has 0 spiro atoms. The van der Waals surface area contributed by atoms with Crippen molar-refractivity contribution >= 4 is 35.8 Å². The van der Waals surface area contributed by atoms with Gasteiger partial charge >= 0.3 is 0 Å². The Kier molecular flexibility index (Phi) is 11.1. The Bertz CT molecular complexity index is 671. The summed E-state index contributed by atoms with van der Waals surface area (Å²) in [5, 5.41) is 6.81. The van der Waals surface area contributed by atoms with Crippen molar-refractivity contribution in [2.24, 2.45) is 10.9 Å². The van der Waals surface area contributed by atoms with Gasteiger partial charge in [-0.1, -0.05) is 34.6 Å². The number of carbonyl (C=O) groups is 1. The summed E-state index contributed by atoms with van der Waals surface area (Å²) in [6, 6.07) is 0.313. The first kappa shape index (κ1) is 26.7. The smallest absolute Gasteiger partial charge is 0.225 e. The minimum Gasteiger partial charge on any atom is -0.443 e. The lowest BCUT2D eigenvalue weighted by molar-refractivity contribution is -0.136. The maximum atomic E-state index is 12.6. The first-order valence-corrected chi connectivity index (χ1v) is 11.1. The molecule has 0 aliphatic carbocycles. The molecule has 1 aliphatic heterocycles. The molecule has 30 heavy (non-hydrogen) atoms. The third-order valence-corrected chi connectivity index (χ3v) is 5.49. The van der Waals surface area contributed by atoms with E-state index >= 15 is 0 Å². The van der Waals surface area contributed by atoms with E-state index < -0.39 is 0 Å². The molecular weight excluding hydrogens is 493 g/mol. The fourth-order valence-corrected chi connectivity index (χ4v) is 3.53. The van der Waals surface area contributed by atoms with Gasteiger partial charge in [0.2, 0.25) is 11.8 Å². The van der Waals surface area contributed by atoms with E-state index in [1.165, 1.54) is 0 Å². The monoisotopic (exact) mass is 533 g/mol. The van der Waals surface area contributed by atoms with Crippen LogP contribution in [0.4, 0.5) is 0 Å². The molecule has 2 rings (SSSR count). The molecule has 0 bridgehead atoms. The van der Waals surface area contributed by atoms with E-state index in [9.17, 15) is 4.79 Å². The lowest BCUT2D eigenvalue weighted by Crippen LogP contribution is -2.50. The number of piperidine rings is 1. The highest BCUT2D eigenvalue weighted by molar-refractivity contribution is 14.0. The molecule has 0 unspecified atom stereocenters. The first-order valence-electron chi connectivity index (χ1n) is 11.1. The molecule has 172 valence electrons. The molecule has 2 N–H and O–H groups in total. The van der Waals surface area contributed by atoms with Crippen LogP contribution in [0, 0.1) is 5.92 Å². The Morgan fingerprint density at radius 3 is 2.40 bits per heavy atom. The Balaban J connectivity index is 0.00000450. The van der Waals surface area contributed by atoms with Gasteiger partial charge in [0.25, 0.3) is 0 Å². The van der Waals surface area contributed by atoms with Crippen LogP contribution in [0.25, 0.3) is 0 Å². The second-order valence-corrected chi connectivity index (χ2v) is 8.82. The molecule has 1 aromatic heterocycles. The van der Waals surface area contributed by atoms with E-state index in [0.717, 1.165) is 57.0 Å². The Morgan fingerprint density at radius 2 is 1.90 bits per heavy atom. The van der Waals surface area contributed by atoms with Crippen LogP contribution in [0.2, 0.25) is 0 Å². The van der Waals surface area contributed by atoms with Crippen molar-refractivity contribution in [3.05, 3.63) is 17.8 Å². The van der Waals surface area contributed by atoms with E-state index in [2.05, 4.69) is 62.2 Å². The predicted molar refractivity (Wildman–Crippen MR) is 132 cm³/mol. The van der Waals surface area contributed by atoms with Gasteiger partial charge in [0.1, 0.15) is 12.3 Å². The number of likely N-dealkylation sites (tertiary alicyclic amines) is 1. The lowest BCUT2D eigenvalue weighted by Gasteiger charge is -2.34. The molecule has 0 radical (unpaired) electrons. The number of guanidine groups is 1. The summed E-state index contributed by atoms with van der Waals surface area (Å²) in [5.41, 5.74) is -0.0579. The second kappa shape index (κ2) is 12.5. The summed E-state index contributed by atoms with van der Waals surface area (Å²) in [5.74, 6) is 2.74. The Labute approximate surface area is 198 Å². The van der Waals surface area contributed by atoms with Crippen LogP contribution in [0.15, 0.2) is 15.6 Å². The van der Waals surface area contributed by atoms with E-state index in [-0.39, 0.29) is 35.3 Å². The largest absolute Gasteiger partial charge is 0.443 e. The SMILES string of the molecule is CCNC(=NCc1ncc(C(C)(C)C)o1)NC1CCN(C(=O)C(CC)CC)CC1.I. The van der Waals surface area contributed by atoms with Gasteiger partial charge in [-0.25, -0.2) is 9.98 Å². The average molecular weight is 533 g/mol. The average Bonchev–Trinajstić information content (AvgIpc) is 3.17. The third-order valence-electron chi connectivity index (χ3n) is 5.49. The topological polar surface area (TPSA) is 82.8 Å². The summed E-state index contributed by atoms with van der Waals surface area (Å²) in [7, 11) is 0. The van der Waals surface area contributed by atoms with Crippen LogP contribution in [-0.4, -0.2) is 47.4 Å². The van der Waals surface area contributed by atoms with Crippen molar-refractivity contribution in [2.75, 3.05) is 19.6 Å². The fourth-order valence-electron chi connectivity index (χ4n) is 3.53. The lowest BCUT2D eigenvalue weighted by atomic mass is 9.94. The van der Waals surface area contributed by atoms with Crippen molar-refractivity contribution in [1.29, 1.82) is 0 Å². The number of carbonyl (C=O) groups excluding carboxylic acids is 1. The van der Waals surface area contributed by atoms with Crippen LogP contribution in [0.5, 0.6) is 0 Å². The maximum Gasteiger partial charge on any atom is 0.225 e. The molecule has 8 heteroatoms. The number of aromatic nitrogens is 1. The molecule has 7 nitrogen and oxygen atoms in total. The normalized spacial score (nSPS) is 15.8. The fraction of sp³-hybridized carbons (Fsp3) is 0.773. The Hall–Kier alpha value is -1.32. The molecule has 1 aliphatic rings. The minimum atomic E-state index is -0.0579. The van der Waals surface area contributed by atoms with Gasteiger partial charge in [0.15, 0.2) is 5.96 Å². The van der Waals surface area contributed by atoms with Crippen molar-refractivity contribution < 1.29 is 9.21 Å². The van der Waals surface area contributed by atoms with Crippen LogP contribution < -0.4 is 10.6 Å². The molecule has 0 saturated carbocycles. The van der Waals surface area contributed by atoms with Gasteiger partial charge in [-0.3, -0.25) is 4.79 Å². The van der Waals surface area contributed by atoms with Gasteiger partial charge in [0, 0.05) is 37.0 Å². The quantitative estimate of drug-likeness (QED) is 0.314. The third kappa shape index (κ3) is 7.74. The van der Waals surface area contributed by atoms with Gasteiger partial charge < -0.3 is 20.0 Å². The predicted octanol–water partition coefficient (Wildman–Crippen LogP) is 4.07. The van der Waals surface area contributed by atoms with E-state index in [1.54, 1.807) is 6.20 Å². The standard InChI is InChI=1S/C22H39N5O2.HI/c1-7-16(8-2)20(28)27-12-10-17(11-13-27)26-21(23-9-3)25-15-19-24-14-18(29-19)22(4,5)6;/h14,16-17H,7-13,15H2,1-6H3,(H2,23,25,26);1H. The number of aliphatic imine (C=N–C) groups is 1. The summed E-state index contributed by atoms with van der Waals surface area (Å²) in [4.78, 5) is 23.6. The van der Waals surface area contributed by atoms with Crippen molar-refractivity contribution in [2.45, 2.75) is 85.2 Å². The van der Waals surface area contributed by atoms with Gasteiger partial charge in [0.05, 0.1) is 6.20 Å². The highest BCUT2D eigenvalue weighted by Crippen LogP contribution is 2.23. The number of oxazole rings is 1. The number of rotatable bonds is 7. The number of nitrogens with one attached hydrogen (secondary N) is 2. The Morgan fingerprint density at radius 1 is 1.27 bits per heavy atom. The van der Waals surface area contributed by atoms with Crippen molar-refractivity contribution in [3.63, 3.8) is 0 Å². The molecule has 1 fully saturated rings. The zero-order valence-electron chi connectivity index (χ0n) is 19.5. The highest BCUT2D eigenvalue weighted by atomic mass is 127. The summed E-state index contributed by atoms with van der Waals surface area (Å²) in [6.07, 6.45) is 5.50. The zero-order chi connectivity index (χ0) is 21.4. The minimum absolute atomic E-state index is 0. The van der Waals surface area contributed by atoms with Crippen molar-refractivity contribution in [1.82, 2.24) is 20.5 Å². The van der Waals surface area contributed by atoms with Crippen LogP contribution >= 0.6 is 24.0 Å². The second-order valence-electron chi connectivity index (χ2n) is 8.82. The summed E-state index contributed by atoms with van der Waals surface area (Å²) < 4.78 is 5.83. The summed E-state index contributed by atoms with van der Waals surface area (Å²) in [6.45, 7) is 15.4. The van der Waals surface area contributed by atoms with Gasteiger partial charge in [-0.05, 0) is 32.6 Å². The molecule has 0 aromatic carbocycles. The zero-order valence-corrected chi connectivity index (χ0v) is 21.8. The van der Waals surface area contributed by atoms with E-state index in [1.807, 2.05) is 4.90 Å². The molecular formula is C22H40IN5O2. The summed E-state index contributed by atoms with van der Waals surface area (Å²) >= 11 is 0.